The van der Waals surface area contributed by atoms with Crippen molar-refractivity contribution in [2.24, 2.45) is 5.92 Å². The summed E-state index contributed by atoms with van der Waals surface area (Å²) in [5.74, 6) is 6.40. The van der Waals surface area contributed by atoms with Crippen molar-refractivity contribution in [2.75, 3.05) is 20.2 Å². The van der Waals surface area contributed by atoms with Gasteiger partial charge in [0.1, 0.15) is 0 Å². The van der Waals surface area contributed by atoms with E-state index in [-0.39, 0.29) is 12.5 Å². The summed E-state index contributed by atoms with van der Waals surface area (Å²) in [7, 11) is 1.85. The lowest BCUT2D eigenvalue weighted by Gasteiger charge is -2.21. The summed E-state index contributed by atoms with van der Waals surface area (Å²) in [6, 6.07) is 1.72. The second kappa shape index (κ2) is 7.80. The Balaban J connectivity index is 2.09. The average molecular weight is 286 g/mol. The predicted octanol–water partition coefficient (Wildman–Crippen LogP) is 2.08. The first-order valence-electron chi connectivity index (χ1n) is 7.51. The highest BCUT2D eigenvalue weighted by Gasteiger charge is 2.21. The van der Waals surface area contributed by atoms with Crippen LogP contribution in [0.4, 0.5) is 0 Å². The molecule has 0 aliphatic heterocycles. The monoisotopic (exact) mass is 286 g/mol. The van der Waals surface area contributed by atoms with Gasteiger partial charge < -0.3 is 10.0 Å². The molecule has 1 N–H and O–H groups in total. The molecule has 1 aliphatic rings. The van der Waals surface area contributed by atoms with E-state index in [9.17, 15) is 4.79 Å². The van der Waals surface area contributed by atoms with Crippen LogP contribution in [0.5, 0.6) is 0 Å². The van der Waals surface area contributed by atoms with Gasteiger partial charge in [0.15, 0.2) is 0 Å². The van der Waals surface area contributed by atoms with Crippen molar-refractivity contribution in [3.05, 3.63) is 29.6 Å². The maximum Gasteiger partial charge on any atom is 0.254 e. The molecule has 0 aromatic carbocycles. The van der Waals surface area contributed by atoms with E-state index in [0.717, 1.165) is 6.54 Å². The van der Waals surface area contributed by atoms with E-state index in [1.807, 2.05) is 7.05 Å². The second-order valence-corrected chi connectivity index (χ2v) is 5.53. The highest BCUT2D eigenvalue weighted by molar-refractivity contribution is 5.96. The highest BCUT2D eigenvalue weighted by Crippen LogP contribution is 2.25. The molecule has 0 spiro atoms. The molecule has 1 amide bonds. The third kappa shape index (κ3) is 4.30. The van der Waals surface area contributed by atoms with Gasteiger partial charge in [-0.3, -0.25) is 9.78 Å². The summed E-state index contributed by atoms with van der Waals surface area (Å²) in [5, 5.41) is 8.78. The van der Waals surface area contributed by atoms with Crippen LogP contribution in [0.25, 0.3) is 0 Å². The predicted molar refractivity (Wildman–Crippen MR) is 81.7 cm³/mol. The SMILES string of the molecule is CN(CC1CCCC1)C(=O)c1ccncc1C#CCCO. The standard InChI is InChI=1S/C17H22N2O2/c1-19(13-14-6-2-3-7-14)17(21)16-9-10-18-12-15(16)8-4-5-11-20/h9-10,12,14,20H,2-3,5-7,11,13H2,1H3. The molecule has 1 fully saturated rings. The van der Waals surface area contributed by atoms with Crippen molar-refractivity contribution in [1.82, 2.24) is 9.88 Å². The van der Waals surface area contributed by atoms with Crippen molar-refractivity contribution >= 4 is 5.91 Å². The lowest BCUT2D eigenvalue weighted by atomic mass is 10.1. The van der Waals surface area contributed by atoms with E-state index in [0.29, 0.717) is 23.5 Å². The lowest BCUT2D eigenvalue weighted by molar-refractivity contribution is 0.0773. The smallest absolute Gasteiger partial charge is 0.254 e. The van der Waals surface area contributed by atoms with Gasteiger partial charge in [-0.1, -0.05) is 24.7 Å². The minimum absolute atomic E-state index is 0.00222. The molecule has 1 aromatic rings. The molecule has 21 heavy (non-hydrogen) atoms. The van der Waals surface area contributed by atoms with E-state index >= 15 is 0 Å². The van der Waals surface area contributed by atoms with E-state index in [1.54, 1.807) is 23.4 Å². The lowest BCUT2D eigenvalue weighted by Crippen LogP contribution is -2.31. The van der Waals surface area contributed by atoms with Crippen LogP contribution in [-0.4, -0.2) is 41.1 Å². The first-order chi connectivity index (χ1) is 10.2. The number of hydrogen-bond donors (Lipinski definition) is 1. The molecule has 1 saturated carbocycles. The Hall–Kier alpha value is -1.86. The van der Waals surface area contributed by atoms with Crippen molar-refractivity contribution in [3.8, 4) is 11.8 Å². The molecule has 0 radical (unpaired) electrons. The maximum atomic E-state index is 12.6. The number of carbonyl (C=O) groups is 1. The Morgan fingerprint density at radius 3 is 2.95 bits per heavy atom. The Labute approximate surface area is 126 Å². The fourth-order valence-electron chi connectivity index (χ4n) is 2.76. The fraction of sp³-hybridized carbons (Fsp3) is 0.529. The van der Waals surface area contributed by atoms with E-state index < -0.39 is 0 Å². The van der Waals surface area contributed by atoms with Gasteiger partial charge in [-0.25, -0.2) is 0 Å². The number of aliphatic hydroxyl groups is 1. The number of aromatic nitrogens is 1. The van der Waals surface area contributed by atoms with Crippen LogP contribution in [0, 0.1) is 17.8 Å². The minimum atomic E-state index is -0.00222. The topological polar surface area (TPSA) is 53.4 Å². The average Bonchev–Trinajstić information content (AvgIpc) is 3.00. The number of nitrogens with zero attached hydrogens (tertiary/aromatic N) is 2. The van der Waals surface area contributed by atoms with Gasteiger partial charge in [0.2, 0.25) is 0 Å². The third-order valence-electron chi connectivity index (χ3n) is 3.86. The number of aliphatic hydroxyl groups excluding tert-OH is 1. The Bertz CT molecular complexity index is 539. The molecule has 4 nitrogen and oxygen atoms in total. The molecule has 2 rings (SSSR count). The van der Waals surface area contributed by atoms with Crippen LogP contribution in [-0.2, 0) is 0 Å². The molecule has 0 atom stereocenters. The molecule has 0 unspecified atom stereocenters. The molecule has 1 heterocycles. The molecular weight excluding hydrogens is 264 g/mol. The quantitative estimate of drug-likeness (QED) is 0.862. The van der Waals surface area contributed by atoms with Crippen molar-refractivity contribution in [1.29, 1.82) is 0 Å². The summed E-state index contributed by atoms with van der Waals surface area (Å²) >= 11 is 0. The van der Waals surface area contributed by atoms with Gasteiger partial charge >= 0.3 is 0 Å². The Morgan fingerprint density at radius 2 is 2.24 bits per heavy atom. The molecule has 112 valence electrons. The number of hydrogen-bond acceptors (Lipinski definition) is 3. The van der Waals surface area contributed by atoms with Gasteiger partial charge in [-0.2, -0.15) is 0 Å². The van der Waals surface area contributed by atoms with Crippen molar-refractivity contribution in [3.63, 3.8) is 0 Å². The van der Waals surface area contributed by atoms with Crippen LogP contribution in [0.1, 0.15) is 48.0 Å². The fourth-order valence-corrected chi connectivity index (χ4v) is 2.76. The molecule has 0 bridgehead atoms. The van der Waals surface area contributed by atoms with Crippen molar-refractivity contribution in [2.45, 2.75) is 32.1 Å². The minimum Gasteiger partial charge on any atom is -0.395 e. The van der Waals surface area contributed by atoms with Gasteiger partial charge in [-0.05, 0) is 24.8 Å². The van der Waals surface area contributed by atoms with Crippen LogP contribution in [0.3, 0.4) is 0 Å². The first-order valence-corrected chi connectivity index (χ1v) is 7.51. The molecule has 0 saturated heterocycles. The largest absolute Gasteiger partial charge is 0.395 e. The Kier molecular flexibility index (Phi) is 5.77. The van der Waals surface area contributed by atoms with Crippen LogP contribution < -0.4 is 0 Å². The summed E-state index contributed by atoms with van der Waals surface area (Å²) in [5.41, 5.74) is 1.23. The number of carbonyl (C=O) groups excluding carboxylic acids is 1. The van der Waals surface area contributed by atoms with E-state index in [4.69, 9.17) is 5.11 Å². The van der Waals surface area contributed by atoms with Gasteiger partial charge in [-0.15, -0.1) is 0 Å². The van der Waals surface area contributed by atoms with Crippen LogP contribution >= 0.6 is 0 Å². The summed E-state index contributed by atoms with van der Waals surface area (Å²) < 4.78 is 0. The number of amides is 1. The zero-order valence-electron chi connectivity index (χ0n) is 12.5. The summed E-state index contributed by atoms with van der Waals surface area (Å²) in [6.45, 7) is 0.836. The first kappa shape index (κ1) is 15.5. The van der Waals surface area contributed by atoms with Gasteiger partial charge in [0.05, 0.1) is 17.7 Å². The zero-order valence-corrected chi connectivity index (χ0v) is 12.5. The van der Waals surface area contributed by atoms with E-state index in [1.165, 1.54) is 25.7 Å². The third-order valence-corrected chi connectivity index (χ3v) is 3.86. The van der Waals surface area contributed by atoms with Crippen molar-refractivity contribution < 1.29 is 9.90 Å². The molecular formula is C17H22N2O2. The highest BCUT2D eigenvalue weighted by atomic mass is 16.2. The molecule has 4 heteroatoms. The number of rotatable bonds is 4. The number of pyridine rings is 1. The van der Waals surface area contributed by atoms with Crippen LogP contribution in [0.2, 0.25) is 0 Å². The van der Waals surface area contributed by atoms with E-state index in [2.05, 4.69) is 16.8 Å². The van der Waals surface area contributed by atoms with Gasteiger partial charge in [0, 0.05) is 32.4 Å². The molecule has 1 aromatic heterocycles. The van der Waals surface area contributed by atoms with Crippen LogP contribution in [0.15, 0.2) is 18.5 Å². The Morgan fingerprint density at radius 1 is 1.48 bits per heavy atom. The summed E-state index contributed by atoms with van der Waals surface area (Å²) in [4.78, 5) is 18.4. The van der Waals surface area contributed by atoms with Gasteiger partial charge in [0.25, 0.3) is 5.91 Å². The normalized spacial score (nSPS) is 14.6. The summed E-state index contributed by atoms with van der Waals surface area (Å²) in [6.07, 6.45) is 8.63. The second-order valence-electron chi connectivity index (χ2n) is 5.53. The zero-order chi connectivity index (χ0) is 15.1. The maximum absolute atomic E-state index is 12.6. The molecule has 1 aliphatic carbocycles.